The number of hydrogen-bond acceptors (Lipinski definition) is 1. The van der Waals surface area contributed by atoms with Gasteiger partial charge in [0.1, 0.15) is 0 Å². The van der Waals surface area contributed by atoms with Crippen LogP contribution in [0.4, 0.5) is 0 Å². The first-order valence-electron chi connectivity index (χ1n) is 8.87. The van der Waals surface area contributed by atoms with Crippen LogP contribution in [0.25, 0.3) is 10.9 Å². The Morgan fingerprint density at radius 2 is 1.95 bits per heavy atom. The summed E-state index contributed by atoms with van der Waals surface area (Å²) in [4.78, 5) is 3.74. The summed E-state index contributed by atoms with van der Waals surface area (Å²) in [6.07, 6.45) is 5.28. The Balaban J connectivity index is 1.74. The molecule has 2 nitrogen and oxygen atoms in total. The molecule has 4 unspecified atom stereocenters. The highest BCUT2D eigenvalue weighted by atomic mass is 15.0. The van der Waals surface area contributed by atoms with Crippen molar-refractivity contribution >= 4 is 10.9 Å². The molecule has 1 aromatic carbocycles. The second kappa shape index (κ2) is 3.97. The van der Waals surface area contributed by atoms with Crippen molar-refractivity contribution in [1.82, 2.24) is 10.3 Å². The van der Waals surface area contributed by atoms with Crippen LogP contribution < -0.4 is 5.32 Å². The van der Waals surface area contributed by atoms with Crippen LogP contribution in [0.1, 0.15) is 51.3 Å². The highest BCUT2D eigenvalue weighted by molar-refractivity contribution is 5.86. The van der Waals surface area contributed by atoms with E-state index in [1.165, 1.54) is 42.3 Å². The molecular formula is C20H26N2. The molecule has 0 amide bonds. The molecule has 116 valence electrons. The van der Waals surface area contributed by atoms with Gasteiger partial charge in [-0.25, -0.2) is 0 Å². The molecule has 2 heterocycles. The molecule has 3 aliphatic rings. The van der Waals surface area contributed by atoms with Crippen LogP contribution in [0.3, 0.4) is 0 Å². The molecule has 2 bridgehead atoms. The Kier molecular flexibility index (Phi) is 2.38. The Morgan fingerprint density at radius 3 is 2.82 bits per heavy atom. The fourth-order valence-electron chi connectivity index (χ4n) is 6.03. The fraction of sp³-hybridized carbons (Fsp3) is 0.600. The summed E-state index contributed by atoms with van der Waals surface area (Å²) in [6.45, 7) is 7.37. The minimum absolute atomic E-state index is 0.298. The van der Waals surface area contributed by atoms with Gasteiger partial charge in [-0.05, 0) is 62.0 Å². The van der Waals surface area contributed by atoms with Gasteiger partial charge in [0.05, 0.1) is 0 Å². The molecule has 5 rings (SSSR count). The SMILES string of the molecule is CC1(C)NC2Cc3[nH]c4ccccc4c3C3(C)CCC1CC23. The number of hydrogen-bond donors (Lipinski definition) is 2. The van der Waals surface area contributed by atoms with E-state index in [0.29, 0.717) is 17.0 Å². The van der Waals surface area contributed by atoms with E-state index in [2.05, 4.69) is 55.3 Å². The molecule has 1 saturated heterocycles. The Labute approximate surface area is 132 Å². The van der Waals surface area contributed by atoms with Crippen molar-refractivity contribution in [2.24, 2.45) is 11.8 Å². The Morgan fingerprint density at radius 1 is 1.14 bits per heavy atom. The van der Waals surface area contributed by atoms with Crippen LogP contribution in [0.5, 0.6) is 0 Å². The monoisotopic (exact) mass is 294 g/mol. The lowest BCUT2D eigenvalue weighted by atomic mass is 9.51. The largest absolute Gasteiger partial charge is 0.358 e. The van der Waals surface area contributed by atoms with Crippen LogP contribution in [0.2, 0.25) is 0 Å². The highest BCUT2D eigenvalue weighted by Crippen LogP contribution is 2.57. The van der Waals surface area contributed by atoms with Gasteiger partial charge in [-0.2, -0.15) is 0 Å². The minimum atomic E-state index is 0.298. The van der Waals surface area contributed by atoms with Crippen molar-refractivity contribution in [3.63, 3.8) is 0 Å². The number of aromatic nitrogens is 1. The second-order valence-electron chi connectivity index (χ2n) is 8.70. The molecule has 1 aromatic heterocycles. The highest BCUT2D eigenvalue weighted by Gasteiger charge is 2.55. The quantitative estimate of drug-likeness (QED) is 0.750. The zero-order chi connectivity index (χ0) is 15.1. The Bertz CT molecular complexity index is 756. The fourth-order valence-corrected chi connectivity index (χ4v) is 6.03. The zero-order valence-corrected chi connectivity index (χ0v) is 13.9. The number of para-hydroxylation sites is 1. The number of piperidine rings is 1. The summed E-state index contributed by atoms with van der Waals surface area (Å²) in [5.41, 5.74) is 5.11. The normalized spacial score (nSPS) is 38.8. The van der Waals surface area contributed by atoms with Gasteiger partial charge in [-0.3, -0.25) is 0 Å². The third-order valence-electron chi connectivity index (χ3n) is 7.21. The molecule has 1 aliphatic heterocycles. The summed E-state index contributed by atoms with van der Waals surface area (Å²) < 4.78 is 0. The van der Waals surface area contributed by atoms with E-state index in [1.54, 1.807) is 5.56 Å². The molecular weight excluding hydrogens is 268 g/mol. The molecule has 2 fully saturated rings. The zero-order valence-electron chi connectivity index (χ0n) is 13.9. The van der Waals surface area contributed by atoms with Crippen molar-refractivity contribution in [3.8, 4) is 0 Å². The third kappa shape index (κ3) is 1.49. The number of fused-ring (bicyclic) bond motifs is 5. The maximum atomic E-state index is 4.02. The molecule has 0 radical (unpaired) electrons. The summed E-state index contributed by atoms with van der Waals surface area (Å²) >= 11 is 0. The van der Waals surface area contributed by atoms with E-state index in [4.69, 9.17) is 0 Å². The van der Waals surface area contributed by atoms with E-state index in [1.807, 2.05) is 0 Å². The first-order chi connectivity index (χ1) is 10.5. The van der Waals surface area contributed by atoms with E-state index >= 15 is 0 Å². The number of benzene rings is 1. The summed E-state index contributed by atoms with van der Waals surface area (Å²) in [6, 6.07) is 9.54. The minimum Gasteiger partial charge on any atom is -0.358 e. The van der Waals surface area contributed by atoms with Gasteiger partial charge in [-0.1, -0.05) is 25.1 Å². The molecule has 2 aliphatic carbocycles. The lowest BCUT2D eigenvalue weighted by Crippen LogP contribution is -2.66. The number of nitrogens with one attached hydrogen (secondary N) is 2. The summed E-state index contributed by atoms with van der Waals surface area (Å²) in [7, 11) is 0. The summed E-state index contributed by atoms with van der Waals surface area (Å²) in [5, 5.41) is 5.49. The van der Waals surface area contributed by atoms with Crippen molar-refractivity contribution in [2.45, 2.75) is 63.5 Å². The van der Waals surface area contributed by atoms with Crippen LogP contribution in [-0.2, 0) is 11.8 Å². The molecule has 2 N–H and O–H groups in total. The lowest BCUT2D eigenvalue weighted by molar-refractivity contribution is 0.000712. The van der Waals surface area contributed by atoms with Gasteiger partial charge in [0, 0.05) is 34.6 Å². The number of rotatable bonds is 0. The van der Waals surface area contributed by atoms with Gasteiger partial charge in [0.15, 0.2) is 0 Å². The lowest BCUT2D eigenvalue weighted by Gasteiger charge is -2.60. The second-order valence-corrected chi connectivity index (χ2v) is 8.70. The predicted octanol–water partition coefficient (Wildman–Crippen LogP) is 4.15. The van der Waals surface area contributed by atoms with Gasteiger partial charge in [-0.15, -0.1) is 0 Å². The number of aromatic amines is 1. The van der Waals surface area contributed by atoms with Gasteiger partial charge >= 0.3 is 0 Å². The third-order valence-corrected chi connectivity index (χ3v) is 7.21. The van der Waals surface area contributed by atoms with Crippen LogP contribution in [-0.4, -0.2) is 16.6 Å². The Hall–Kier alpha value is -1.28. The van der Waals surface area contributed by atoms with E-state index < -0.39 is 0 Å². The van der Waals surface area contributed by atoms with E-state index in [9.17, 15) is 0 Å². The number of H-pyrrole nitrogens is 1. The summed E-state index contributed by atoms with van der Waals surface area (Å²) in [5.74, 6) is 1.64. The van der Waals surface area contributed by atoms with Crippen molar-refractivity contribution < 1.29 is 0 Å². The first kappa shape index (κ1) is 13.2. The molecule has 2 heteroatoms. The standard InChI is InChI=1S/C20H26N2/c1-19(2)12-8-9-20(3)14(10-12)16(22-19)11-17-18(20)13-6-4-5-7-15(13)21-17/h4-7,12,14,16,21-22H,8-11H2,1-3H3. The van der Waals surface area contributed by atoms with Crippen molar-refractivity contribution in [2.75, 3.05) is 0 Å². The maximum Gasteiger partial charge on any atom is 0.0459 e. The average Bonchev–Trinajstić information content (AvgIpc) is 2.84. The van der Waals surface area contributed by atoms with E-state index in [-0.39, 0.29) is 0 Å². The molecule has 0 spiro atoms. The molecule has 2 aromatic rings. The molecule has 4 atom stereocenters. The van der Waals surface area contributed by atoms with E-state index in [0.717, 1.165) is 11.8 Å². The molecule has 1 saturated carbocycles. The topological polar surface area (TPSA) is 27.8 Å². The van der Waals surface area contributed by atoms with Crippen molar-refractivity contribution in [3.05, 3.63) is 35.5 Å². The van der Waals surface area contributed by atoms with Crippen LogP contribution in [0, 0.1) is 11.8 Å². The predicted molar refractivity (Wildman–Crippen MR) is 91.2 cm³/mol. The maximum absolute atomic E-state index is 4.02. The smallest absolute Gasteiger partial charge is 0.0459 e. The van der Waals surface area contributed by atoms with Gasteiger partial charge < -0.3 is 10.3 Å². The van der Waals surface area contributed by atoms with Crippen LogP contribution >= 0.6 is 0 Å². The molecule has 22 heavy (non-hydrogen) atoms. The van der Waals surface area contributed by atoms with Gasteiger partial charge in [0.2, 0.25) is 0 Å². The van der Waals surface area contributed by atoms with Gasteiger partial charge in [0.25, 0.3) is 0 Å². The van der Waals surface area contributed by atoms with Crippen molar-refractivity contribution in [1.29, 1.82) is 0 Å². The van der Waals surface area contributed by atoms with Crippen LogP contribution in [0.15, 0.2) is 24.3 Å². The first-order valence-corrected chi connectivity index (χ1v) is 8.87. The average molecular weight is 294 g/mol.